The number of hydrogen-bond donors (Lipinski definition) is 1. The largest absolute Gasteiger partial charge is 0.350 e. The van der Waals surface area contributed by atoms with E-state index in [1.807, 2.05) is 31.2 Å². The van der Waals surface area contributed by atoms with E-state index in [1.165, 1.54) is 5.56 Å². The summed E-state index contributed by atoms with van der Waals surface area (Å²) in [6.07, 6.45) is 0. The number of alkyl halides is 1. The fourth-order valence-electron chi connectivity index (χ4n) is 0.954. The van der Waals surface area contributed by atoms with E-state index >= 15 is 0 Å². The number of aryl methyl sites for hydroxylation is 1. The molecule has 0 aliphatic heterocycles. The predicted molar refractivity (Wildman–Crippen MR) is 49.0 cm³/mol. The van der Waals surface area contributed by atoms with E-state index in [0.717, 1.165) is 5.56 Å². The minimum Gasteiger partial charge on any atom is -0.350 e. The molecule has 0 spiro atoms. The van der Waals surface area contributed by atoms with Crippen LogP contribution >= 0.6 is 0 Å². The first-order valence-corrected chi connectivity index (χ1v) is 4.10. The highest BCUT2D eigenvalue weighted by atomic mass is 19.1. The number of halogens is 1. The Balaban J connectivity index is 2.46. The van der Waals surface area contributed by atoms with Gasteiger partial charge < -0.3 is 5.32 Å². The minimum atomic E-state index is -0.953. The van der Waals surface area contributed by atoms with Crippen LogP contribution in [0.3, 0.4) is 0 Å². The van der Waals surface area contributed by atoms with Crippen molar-refractivity contribution in [3.63, 3.8) is 0 Å². The van der Waals surface area contributed by atoms with E-state index < -0.39 is 12.6 Å². The van der Waals surface area contributed by atoms with Crippen LogP contribution < -0.4 is 5.32 Å². The molecule has 1 amide bonds. The van der Waals surface area contributed by atoms with E-state index in [2.05, 4.69) is 5.32 Å². The van der Waals surface area contributed by atoms with Crippen molar-refractivity contribution in [3.05, 3.63) is 35.4 Å². The van der Waals surface area contributed by atoms with Gasteiger partial charge in [-0.1, -0.05) is 29.8 Å². The fourth-order valence-corrected chi connectivity index (χ4v) is 0.954. The zero-order chi connectivity index (χ0) is 9.68. The molecule has 0 aromatic heterocycles. The third kappa shape index (κ3) is 3.23. The molecule has 0 saturated carbocycles. The predicted octanol–water partition coefficient (Wildman–Crippen LogP) is 1.58. The average Bonchev–Trinajstić information content (AvgIpc) is 2.16. The van der Waals surface area contributed by atoms with E-state index in [9.17, 15) is 9.18 Å². The van der Waals surface area contributed by atoms with Gasteiger partial charge in [0, 0.05) is 6.54 Å². The summed E-state index contributed by atoms with van der Waals surface area (Å²) in [5.74, 6) is -0.569. The van der Waals surface area contributed by atoms with Crippen molar-refractivity contribution in [2.24, 2.45) is 0 Å². The Morgan fingerprint density at radius 2 is 2.00 bits per heavy atom. The van der Waals surface area contributed by atoms with Crippen LogP contribution in [-0.2, 0) is 11.3 Å². The van der Waals surface area contributed by atoms with E-state index in [-0.39, 0.29) is 0 Å². The molecule has 0 unspecified atom stereocenters. The molecule has 0 heterocycles. The van der Waals surface area contributed by atoms with Gasteiger partial charge in [-0.05, 0) is 12.5 Å². The highest BCUT2D eigenvalue weighted by molar-refractivity contribution is 5.76. The van der Waals surface area contributed by atoms with Gasteiger partial charge in [-0.3, -0.25) is 4.79 Å². The van der Waals surface area contributed by atoms with E-state index in [4.69, 9.17) is 0 Å². The summed E-state index contributed by atoms with van der Waals surface area (Å²) in [5, 5.41) is 2.45. The molecule has 0 radical (unpaired) electrons. The van der Waals surface area contributed by atoms with Crippen molar-refractivity contribution in [2.75, 3.05) is 6.67 Å². The third-order valence-electron chi connectivity index (χ3n) is 1.73. The van der Waals surface area contributed by atoms with E-state index in [0.29, 0.717) is 6.54 Å². The molecule has 0 bridgehead atoms. The Kier molecular flexibility index (Phi) is 3.43. The summed E-state index contributed by atoms with van der Waals surface area (Å²) < 4.78 is 11.7. The van der Waals surface area contributed by atoms with E-state index in [1.54, 1.807) is 0 Å². The summed E-state index contributed by atoms with van der Waals surface area (Å²) in [7, 11) is 0. The molecule has 2 nitrogen and oxygen atoms in total. The first kappa shape index (κ1) is 9.71. The van der Waals surface area contributed by atoms with Crippen LogP contribution in [0.2, 0.25) is 0 Å². The van der Waals surface area contributed by atoms with Crippen LogP contribution in [0.25, 0.3) is 0 Å². The Bertz CT molecular complexity index is 281. The molecule has 0 aliphatic carbocycles. The summed E-state index contributed by atoms with van der Waals surface area (Å²) >= 11 is 0. The summed E-state index contributed by atoms with van der Waals surface area (Å²) in [6, 6.07) is 7.73. The van der Waals surface area contributed by atoms with Gasteiger partial charge in [0.15, 0.2) is 6.67 Å². The van der Waals surface area contributed by atoms with Crippen LogP contribution in [0.5, 0.6) is 0 Å². The highest BCUT2D eigenvalue weighted by Gasteiger charge is 1.98. The van der Waals surface area contributed by atoms with Gasteiger partial charge in [0.1, 0.15) is 0 Å². The molecular weight excluding hydrogens is 169 g/mol. The zero-order valence-electron chi connectivity index (χ0n) is 7.51. The van der Waals surface area contributed by atoms with Gasteiger partial charge in [0.25, 0.3) is 5.91 Å². The fraction of sp³-hybridized carbons (Fsp3) is 0.300. The summed E-state index contributed by atoms with van der Waals surface area (Å²) in [4.78, 5) is 10.6. The van der Waals surface area contributed by atoms with Crippen molar-refractivity contribution in [1.29, 1.82) is 0 Å². The van der Waals surface area contributed by atoms with Crippen LogP contribution in [0.4, 0.5) is 4.39 Å². The zero-order valence-corrected chi connectivity index (χ0v) is 7.51. The Morgan fingerprint density at radius 1 is 1.38 bits per heavy atom. The maximum absolute atomic E-state index is 11.7. The second-order valence-corrected chi connectivity index (χ2v) is 2.90. The monoisotopic (exact) mass is 181 g/mol. The van der Waals surface area contributed by atoms with Crippen molar-refractivity contribution in [2.45, 2.75) is 13.5 Å². The molecule has 13 heavy (non-hydrogen) atoms. The van der Waals surface area contributed by atoms with Crippen molar-refractivity contribution >= 4 is 5.91 Å². The first-order valence-electron chi connectivity index (χ1n) is 4.10. The smallest absolute Gasteiger partial charge is 0.251 e. The lowest BCUT2D eigenvalue weighted by molar-refractivity contribution is -0.122. The first-order chi connectivity index (χ1) is 6.22. The van der Waals surface area contributed by atoms with Crippen LogP contribution in [0.1, 0.15) is 11.1 Å². The number of amides is 1. The van der Waals surface area contributed by atoms with Gasteiger partial charge in [0.05, 0.1) is 0 Å². The normalized spacial score (nSPS) is 9.69. The second-order valence-electron chi connectivity index (χ2n) is 2.90. The Labute approximate surface area is 76.8 Å². The van der Waals surface area contributed by atoms with Crippen molar-refractivity contribution in [1.82, 2.24) is 5.32 Å². The Morgan fingerprint density at radius 3 is 2.54 bits per heavy atom. The number of rotatable bonds is 3. The molecule has 70 valence electrons. The molecule has 1 rings (SSSR count). The molecule has 0 fully saturated rings. The van der Waals surface area contributed by atoms with Gasteiger partial charge in [-0.15, -0.1) is 0 Å². The summed E-state index contributed by atoms with van der Waals surface area (Å²) in [6.45, 7) is 1.43. The lowest BCUT2D eigenvalue weighted by Crippen LogP contribution is -2.23. The number of benzene rings is 1. The van der Waals surface area contributed by atoms with Crippen molar-refractivity contribution < 1.29 is 9.18 Å². The van der Waals surface area contributed by atoms with Gasteiger partial charge in [0.2, 0.25) is 0 Å². The number of carbonyl (C=O) groups is 1. The lowest BCUT2D eigenvalue weighted by atomic mass is 10.1. The molecule has 3 heteroatoms. The number of carbonyl (C=O) groups excluding carboxylic acids is 1. The van der Waals surface area contributed by atoms with Gasteiger partial charge >= 0.3 is 0 Å². The standard InChI is InChI=1S/C10H12FNO/c1-8-2-4-9(5-3-8)7-12-10(13)6-11/h2-5H,6-7H2,1H3,(H,12,13). The van der Waals surface area contributed by atoms with Gasteiger partial charge in [-0.2, -0.15) is 0 Å². The van der Waals surface area contributed by atoms with Crippen LogP contribution in [0, 0.1) is 6.92 Å². The van der Waals surface area contributed by atoms with Gasteiger partial charge in [-0.25, -0.2) is 4.39 Å². The molecule has 0 aliphatic rings. The molecule has 1 aromatic rings. The molecular formula is C10H12FNO. The second kappa shape index (κ2) is 4.60. The van der Waals surface area contributed by atoms with Crippen molar-refractivity contribution in [3.8, 4) is 0 Å². The average molecular weight is 181 g/mol. The third-order valence-corrected chi connectivity index (χ3v) is 1.73. The topological polar surface area (TPSA) is 29.1 Å². The minimum absolute atomic E-state index is 0.392. The van der Waals surface area contributed by atoms with Crippen LogP contribution in [-0.4, -0.2) is 12.6 Å². The molecule has 0 atom stereocenters. The maximum atomic E-state index is 11.7. The quantitative estimate of drug-likeness (QED) is 0.753. The van der Waals surface area contributed by atoms with Crippen LogP contribution in [0.15, 0.2) is 24.3 Å². The number of nitrogens with one attached hydrogen (secondary N) is 1. The lowest BCUT2D eigenvalue weighted by Gasteiger charge is -2.02. The number of hydrogen-bond acceptors (Lipinski definition) is 1. The summed E-state index contributed by atoms with van der Waals surface area (Å²) in [5.41, 5.74) is 2.15. The molecule has 1 aromatic carbocycles. The maximum Gasteiger partial charge on any atom is 0.251 e. The molecule has 1 N–H and O–H groups in total. The Hall–Kier alpha value is -1.38. The highest BCUT2D eigenvalue weighted by Crippen LogP contribution is 2.02. The molecule has 0 saturated heterocycles. The SMILES string of the molecule is Cc1ccc(CNC(=O)CF)cc1.